The second-order valence-corrected chi connectivity index (χ2v) is 7.06. The number of carbonyl (C=O) groups is 1. The first kappa shape index (κ1) is 19.1. The maximum Gasteiger partial charge on any atom is 0.234 e. The number of aromatic nitrogens is 3. The van der Waals surface area contributed by atoms with E-state index in [-0.39, 0.29) is 6.04 Å². The third-order valence-electron chi connectivity index (χ3n) is 5.48. The first-order valence-electron chi connectivity index (χ1n) is 9.78. The van der Waals surface area contributed by atoms with Gasteiger partial charge in [-0.05, 0) is 43.3 Å². The number of nitrogens with one attached hydrogen (secondary N) is 1. The van der Waals surface area contributed by atoms with Gasteiger partial charge in [-0.25, -0.2) is 14.6 Å². The quantitative estimate of drug-likeness (QED) is 0.665. The van der Waals surface area contributed by atoms with Gasteiger partial charge in [0.25, 0.3) is 0 Å². The maximum absolute atomic E-state index is 10.7. The lowest BCUT2D eigenvalue weighted by atomic mass is 10.1. The minimum absolute atomic E-state index is 0.236. The van der Waals surface area contributed by atoms with Crippen molar-refractivity contribution in [3.05, 3.63) is 60.0 Å². The molecule has 0 aliphatic carbocycles. The summed E-state index contributed by atoms with van der Waals surface area (Å²) < 4.78 is 1.75. The van der Waals surface area contributed by atoms with Crippen molar-refractivity contribution in [2.75, 3.05) is 43.6 Å². The van der Waals surface area contributed by atoms with Crippen LogP contribution < -0.4 is 15.8 Å². The van der Waals surface area contributed by atoms with Gasteiger partial charge in [-0.1, -0.05) is 0 Å². The van der Waals surface area contributed by atoms with E-state index in [0.29, 0.717) is 11.9 Å². The molecular weight excluding hydrogens is 366 g/mol. The lowest BCUT2D eigenvalue weighted by Crippen LogP contribution is -2.47. The van der Waals surface area contributed by atoms with Crippen LogP contribution >= 0.6 is 0 Å². The van der Waals surface area contributed by atoms with Crippen molar-refractivity contribution in [2.45, 2.75) is 13.0 Å². The van der Waals surface area contributed by atoms with Crippen molar-refractivity contribution in [3.63, 3.8) is 0 Å². The summed E-state index contributed by atoms with van der Waals surface area (Å²) in [6.45, 7) is 5.94. The van der Waals surface area contributed by atoms with Crippen LogP contribution in [0.15, 0.2) is 53.8 Å². The molecule has 1 unspecified atom stereocenters. The van der Waals surface area contributed by atoms with E-state index in [9.17, 15) is 4.79 Å². The van der Waals surface area contributed by atoms with Crippen molar-refractivity contribution < 1.29 is 4.79 Å². The molecule has 0 aromatic carbocycles. The number of rotatable bonds is 5. The average Bonchev–Trinajstić information content (AvgIpc) is 2.79. The van der Waals surface area contributed by atoms with E-state index >= 15 is 0 Å². The first-order chi connectivity index (χ1) is 14.2. The normalized spacial score (nSPS) is 16.8. The number of fused-ring (bicyclic) bond motifs is 1. The molecule has 1 aliphatic heterocycles. The molecule has 3 aromatic heterocycles. The maximum atomic E-state index is 10.7. The van der Waals surface area contributed by atoms with Gasteiger partial charge in [-0.15, -0.1) is 0 Å². The molecule has 29 heavy (non-hydrogen) atoms. The van der Waals surface area contributed by atoms with Crippen molar-refractivity contribution >= 4 is 23.1 Å². The minimum Gasteiger partial charge on any atom is -0.368 e. The predicted octanol–water partition coefficient (Wildman–Crippen LogP) is 1.54. The Labute approximate surface area is 169 Å². The van der Waals surface area contributed by atoms with Crippen LogP contribution in [-0.4, -0.2) is 59.2 Å². The van der Waals surface area contributed by atoms with Gasteiger partial charge in [0.15, 0.2) is 11.1 Å². The van der Waals surface area contributed by atoms with Crippen LogP contribution in [0.4, 0.5) is 5.69 Å². The van der Waals surface area contributed by atoms with Gasteiger partial charge >= 0.3 is 0 Å². The van der Waals surface area contributed by atoms with E-state index in [4.69, 9.17) is 4.98 Å². The van der Waals surface area contributed by atoms with Crippen LogP contribution in [0.1, 0.15) is 18.7 Å². The number of anilines is 1. The molecule has 4 heterocycles. The molecule has 1 atom stereocenters. The lowest BCUT2D eigenvalue weighted by Gasteiger charge is -2.39. The molecule has 8 nitrogen and oxygen atoms in total. The minimum atomic E-state index is 0.236. The molecule has 0 saturated carbocycles. The van der Waals surface area contributed by atoms with Crippen molar-refractivity contribution in [3.8, 4) is 0 Å². The fourth-order valence-corrected chi connectivity index (χ4v) is 3.76. The topological polar surface area (TPSA) is 78.7 Å². The van der Waals surface area contributed by atoms with E-state index in [2.05, 4.69) is 44.3 Å². The van der Waals surface area contributed by atoms with Crippen LogP contribution in [0.2, 0.25) is 0 Å². The highest BCUT2D eigenvalue weighted by molar-refractivity contribution is 5.74. The Kier molecular flexibility index (Phi) is 5.53. The molecule has 150 valence electrons. The zero-order valence-corrected chi connectivity index (χ0v) is 16.7. The Bertz CT molecular complexity index is 1070. The molecule has 3 aromatic rings. The lowest BCUT2D eigenvalue weighted by molar-refractivity contribution is -0.107. The molecule has 1 amide bonds. The van der Waals surface area contributed by atoms with Crippen LogP contribution in [-0.2, 0) is 4.79 Å². The molecule has 1 aliphatic rings. The summed E-state index contributed by atoms with van der Waals surface area (Å²) >= 11 is 0. The summed E-state index contributed by atoms with van der Waals surface area (Å²) in [6.07, 6.45) is 4.31. The Hall–Kier alpha value is -3.26. The summed E-state index contributed by atoms with van der Waals surface area (Å²) in [7, 11) is 1.80. The zero-order chi connectivity index (χ0) is 20.2. The van der Waals surface area contributed by atoms with E-state index in [0.717, 1.165) is 48.6 Å². The summed E-state index contributed by atoms with van der Waals surface area (Å²) in [5.74, 6) is 0. The second kappa shape index (κ2) is 8.40. The first-order valence-corrected chi connectivity index (χ1v) is 9.78. The van der Waals surface area contributed by atoms with Crippen LogP contribution in [0, 0.1) is 0 Å². The molecule has 1 saturated heterocycles. The van der Waals surface area contributed by atoms with Crippen LogP contribution in [0.5, 0.6) is 0 Å². The molecule has 1 N–H and O–H groups in total. The van der Waals surface area contributed by atoms with Gasteiger partial charge in [-0.2, -0.15) is 4.99 Å². The third-order valence-corrected chi connectivity index (χ3v) is 5.48. The van der Waals surface area contributed by atoms with Gasteiger partial charge in [-0.3, -0.25) is 9.69 Å². The second-order valence-electron chi connectivity index (χ2n) is 7.06. The third kappa shape index (κ3) is 3.97. The average molecular weight is 391 g/mol. The van der Waals surface area contributed by atoms with Gasteiger partial charge in [0, 0.05) is 50.9 Å². The monoisotopic (exact) mass is 391 g/mol. The zero-order valence-electron chi connectivity index (χ0n) is 16.7. The molecule has 8 heteroatoms. The summed E-state index contributed by atoms with van der Waals surface area (Å²) in [5, 5.41) is 1.07. The number of hydrogen-bond donors (Lipinski definition) is 1. The number of pyridine rings is 3. The highest BCUT2D eigenvalue weighted by Gasteiger charge is 2.23. The largest absolute Gasteiger partial charge is 0.368 e. The molecule has 0 bridgehead atoms. The van der Waals surface area contributed by atoms with Gasteiger partial charge in [0.1, 0.15) is 0 Å². The van der Waals surface area contributed by atoms with Crippen molar-refractivity contribution in [2.24, 2.45) is 4.99 Å². The van der Waals surface area contributed by atoms with E-state index < -0.39 is 0 Å². The number of amides is 1. The Balaban J connectivity index is 1.46. The van der Waals surface area contributed by atoms with Gasteiger partial charge in [0.05, 0.1) is 17.6 Å². The smallest absolute Gasteiger partial charge is 0.234 e. The van der Waals surface area contributed by atoms with Gasteiger partial charge < -0.3 is 10.3 Å². The fraction of sp³-hybridized carbons (Fsp3) is 0.333. The summed E-state index contributed by atoms with van der Waals surface area (Å²) in [4.78, 5) is 28.5. The predicted molar refractivity (Wildman–Crippen MR) is 113 cm³/mol. The Morgan fingerprint density at radius 2 is 1.97 bits per heavy atom. The SMILES string of the molecule is CNn1cc(N2CCN(C(C)c3ccc4cccnc4n3)CC2)ccc1=NC=O. The number of hydrogen-bond acceptors (Lipinski definition) is 6. The van der Waals surface area contributed by atoms with E-state index in [1.165, 1.54) is 0 Å². The van der Waals surface area contributed by atoms with E-state index in [1.54, 1.807) is 17.9 Å². The Morgan fingerprint density at radius 3 is 2.72 bits per heavy atom. The van der Waals surface area contributed by atoms with Crippen LogP contribution in [0.25, 0.3) is 11.0 Å². The molecule has 0 radical (unpaired) electrons. The summed E-state index contributed by atoms with van der Waals surface area (Å²) in [5.41, 5.74) is 6.57. The fourth-order valence-electron chi connectivity index (χ4n) is 3.76. The summed E-state index contributed by atoms with van der Waals surface area (Å²) in [6, 6.07) is 12.3. The Morgan fingerprint density at radius 1 is 1.14 bits per heavy atom. The van der Waals surface area contributed by atoms with E-state index in [1.807, 2.05) is 30.5 Å². The molecular formula is C21H25N7O. The standard InChI is InChI=1S/C21H25N7O/c1-16(19-7-5-17-4-3-9-23-21(17)25-19)26-10-12-27(13-11-26)18-6-8-20(24-15-29)28(14-18)22-2/h3-9,14-16,22H,10-13H2,1-2H3. The van der Waals surface area contributed by atoms with Crippen LogP contribution in [0.3, 0.4) is 0 Å². The number of piperazine rings is 1. The highest BCUT2D eigenvalue weighted by atomic mass is 16.1. The molecule has 4 rings (SSSR count). The highest BCUT2D eigenvalue weighted by Crippen LogP contribution is 2.23. The van der Waals surface area contributed by atoms with Crippen molar-refractivity contribution in [1.82, 2.24) is 19.5 Å². The van der Waals surface area contributed by atoms with Gasteiger partial charge in [0.2, 0.25) is 6.41 Å². The number of nitrogens with zero attached hydrogens (tertiary/aromatic N) is 6. The number of carbonyl (C=O) groups excluding carboxylic acids is 1. The molecule has 1 fully saturated rings. The molecule has 0 spiro atoms. The van der Waals surface area contributed by atoms with Crippen molar-refractivity contribution in [1.29, 1.82) is 0 Å².